The minimum Gasteiger partial charge on any atom is -0.466 e. The van der Waals surface area contributed by atoms with Gasteiger partial charge >= 0.3 is 5.97 Å². The second-order valence-corrected chi connectivity index (χ2v) is 8.27. The molecule has 8 nitrogen and oxygen atoms in total. The molecule has 8 heteroatoms. The van der Waals surface area contributed by atoms with Crippen LogP contribution >= 0.6 is 0 Å². The maximum atomic E-state index is 12.1. The van der Waals surface area contributed by atoms with Gasteiger partial charge in [0.1, 0.15) is 0 Å². The molecule has 0 N–H and O–H groups in total. The molecule has 0 saturated carbocycles. The Bertz CT molecular complexity index is 854. The van der Waals surface area contributed by atoms with E-state index < -0.39 is 0 Å². The van der Waals surface area contributed by atoms with E-state index in [4.69, 9.17) is 4.74 Å². The number of carbonyl (C=O) groups is 2. The molecule has 1 saturated heterocycles. The average molecular weight is 387 g/mol. The van der Waals surface area contributed by atoms with E-state index in [1.54, 1.807) is 24.0 Å². The molecule has 0 bridgehead atoms. The lowest BCUT2D eigenvalue weighted by Crippen LogP contribution is -2.49. The summed E-state index contributed by atoms with van der Waals surface area (Å²) in [5.41, 5.74) is 2.73. The Labute approximate surface area is 163 Å². The van der Waals surface area contributed by atoms with Crippen molar-refractivity contribution in [3.63, 3.8) is 0 Å². The van der Waals surface area contributed by atoms with E-state index in [1.807, 2.05) is 7.05 Å². The summed E-state index contributed by atoms with van der Waals surface area (Å²) in [6.45, 7) is 4.65. The SMILES string of the molecule is CC(=O)OCC1CC2c3c([N+](=O)[O-])ccc4c3C(C[C@H]2N(C)C1)CN4C(C)=O. The van der Waals surface area contributed by atoms with Gasteiger partial charge in [0.25, 0.3) is 5.69 Å². The number of esters is 1. The average Bonchev–Trinajstić information content (AvgIpc) is 3.00. The van der Waals surface area contributed by atoms with Gasteiger partial charge in [-0.15, -0.1) is 0 Å². The lowest BCUT2D eigenvalue weighted by Gasteiger charge is -2.47. The maximum absolute atomic E-state index is 12.1. The smallest absolute Gasteiger partial charge is 0.302 e. The van der Waals surface area contributed by atoms with E-state index in [9.17, 15) is 19.7 Å². The number of nitro groups is 1. The lowest BCUT2D eigenvalue weighted by molar-refractivity contribution is -0.386. The Hall–Kier alpha value is -2.48. The Morgan fingerprint density at radius 3 is 2.61 bits per heavy atom. The third-order valence-corrected chi connectivity index (χ3v) is 6.50. The molecule has 150 valence electrons. The summed E-state index contributed by atoms with van der Waals surface area (Å²) in [6.07, 6.45) is 1.62. The van der Waals surface area contributed by atoms with E-state index in [0.717, 1.165) is 36.2 Å². The maximum Gasteiger partial charge on any atom is 0.302 e. The zero-order valence-corrected chi connectivity index (χ0v) is 16.4. The standard InChI is InChI=1S/C20H25N3O5/c1-11(24)22-9-14-7-18-15(6-13(8-21(18)3)10-28-12(2)25)20-17(23(26)27)5-4-16(22)19(14)20/h4-5,13-15,18H,6-10H2,1-3H3/t13?,14?,15?,18-/m1/s1. The predicted molar refractivity (Wildman–Crippen MR) is 102 cm³/mol. The third-order valence-electron chi connectivity index (χ3n) is 6.50. The van der Waals surface area contributed by atoms with Crippen molar-refractivity contribution < 1.29 is 19.2 Å². The number of carbonyl (C=O) groups excluding carboxylic acids is 2. The zero-order chi connectivity index (χ0) is 20.2. The van der Waals surface area contributed by atoms with Crippen molar-refractivity contribution >= 4 is 23.3 Å². The van der Waals surface area contributed by atoms with Crippen LogP contribution in [0, 0.1) is 16.0 Å². The second kappa shape index (κ2) is 6.84. The fourth-order valence-electron chi connectivity index (χ4n) is 5.47. The molecule has 0 radical (unpaired) electrons. The van der Waals surface area contributed by atoms with Gasteiger partial charge in [-0.25, -0.2) is 0 Å². The van der Waals surface area contributed by atoms with Crippen molar-refractivity contribution in [2.45, 2.75) is 44.6 Å². The number of nitro benzene ring substituents is 1. The number of likely N-dealkylation sites (N-methyl/N-ethyl adjacent to an activating group) is 1. The molecule has 4 atom stereocenters. The van der Waals surface area contributed by atoms with Crippen molar-refractivity contribution in [1.82, 2.24) is 4.90 Å². The molecule has 1 aromatic rings. The van der Waals surface area contributed by atoms with Crippen LogP contribution in [0.25, 0.3) is 0 Å². The molecule has 1 amide bonds. The van der Waals surface area contributed by atoms with Gasteiger partial charge in [-0.3, -0.25) is 19.7 Å². The van der Waals surface area contributed by atoms with Crippen molar-refractivity contribution in [3.8, 4) is 0 Å². The van der Waals surface area contributed by atoms with Gasteiger partial charge in [0.05, 0.1) is 11.5 Å². The van der Waals surface area contributed by atoms with Gasteiger partial charge in [-0.2, -0.15) is 0 Å². The van der Waals surface area contributed by atoms with Crippen LogP contribution in [0.3, 0.4) is 0 Å². The minimum absolute atomic E-state index is 0.00202. The summed E-state index contributed by atoms with van der Waals surface area (Å²) in [4.78, 5) is 38.9. The van der Waals surface area contributed by atoms with Gasteiger partial charge in [-0.1, -0.05) is 0 Å². The Morgan fingerprint density at radius 2 is 1.96 bits per heavy atom. The highest BCUT2D eigenvalue weighted by molar-refractivity contribution is 5.95. The number of anilines is 1. The number of likely N-dealkylation sites (tertiary alicyclic amines) is 1. The van der Waals surface area contributed by atoms with Crippen molar-refractivity contribution in [2.75, 3.05) is 31.6 Å². The molecular weight excluding hydrogens is 362 g/mol. The quantitative estimate of drug-likeness (QED) is 0.449. The molecule has 0 spiro atoms. The fourth-order valence-corrected chi connectivity index (χ4v) is 5.47. The summed E-state index contributed by atoms with van der Waals surface area (Å²) in [6, 6.07) is 3.46. The first-order valence-electron chi connectivity index (χ1n) is 9.70. The molecular formula is C20H25N3O5. The minimum atomic E-state index is -0.308. The second-order valence-electron chi connectivity index (χ2n) is 8.27. The third kappa shape index (κ3) is 2.96. The van der Waals surface area contributed by atoms with Gasteiger partial charge < -0.3 is 14.5 Å². The summed E-state index contributed by atoms with van der Waals surface area (Å²) in [7, 11) is 2.04. The summed E-state index contributed by atoms with van der Waals surface area (Å²) in [5, 5.41) is 11.8. The normalized spacial score (nSPS) is 28.5. The Balaban J connectivity index is 1.78. The zero-order valence-electron chi connectivity index (χ0n) is 16.4. The number of nitrogens with zero attached hydrogens (tertiary/aromatic N) is 3. The highest BCUT2D eigenvalue weighted by Gasteiger charge is 2.49. The van der Waals surface area contributed by atoms with E-state index in [0.29, 0.717) is 13.2 Å². The monoisotopic (exact) mass is 387 g/mol. The molecule has 1 aromatic carbocycles. The first-order chi connectivity index (χ1) is 13.3. The summed E-state index contributed by atoms with van der Waals surface area (Å²) >= 11 is 0. The molecule has 4 rings (SSSR count). The Kier molecular flexibility index (Phi) is 4.61. The summed E-state index contributed by atoms with van der Waals surface area (Å²) < 4.78 is 5.23. The largest absolute Gasteiger partial charge is 0.466 e. The van der Waals surface area contributed by atoms with Crippen LogP contribution in [-0.2, 0) is 14.3 Å². The highest BCUT2D eigenvalue weighted by Crippen LogP contribution is 2.55. The number of fused-ring (bicyclic) bond motifs is 2. The first kappa shape index (κ1) is 18.9. The molecule has 3 aliphatic rings. The van der Waals surface area contributed by atoms with Crippen molar-refractivity contribution in [2.24, 2.45) is 5.92 Å². The first-order valence-corrected chi connectivity index (χ1v) is 9.70. The van der Waals surface area contributed by atoms with Crippen LogP contribution < -0.4 is 4.90 Å². The van der Waals surface area contributed by atoms with Crippen molar-refractivity contribution in [3.05, 3.63) is 33.4 Å². The molecule has 28 heavy (non-hydrogen) atoms. The molecule has 1 fully saturated rings. The van der Waals surface area contributed by atoms with Crippen molar-refractivity contribution in [1.29, 1.82) is 0 Å². The van der Waals surface area contributed by atoms with Crippen LogP contribution in [0.4, 0.5) is 11.4 Å². The number of rotatable bonds is 3. The Morgan fingerprint density at radius 1 is 1.21 bits per heavy atom. The van der Waals surface area contributed by atoms with Gasteiger partial charge in [0.2, 0.25) is 5.91 Å². The topological polar surface area (TPSA) is 93.0 Å². The molecule has 2 aliphatic heterocycles. The van der Waals surface area contributed by atoms with E-state index in [-0.39, 0.29) is 46.3 Å². The van der Waals surface area contributed by atoms with E-state index in [1.165, 1.54) is 6.92 Å². The van der Waals surface area contributed by atoms with Gasteiger partial charge in [0, 0.05) is 68.0 Å². The van der Waals surface area contributed by atoms with Crippen LogP contribution in [0.1, 0.15) is 49.7 Å². The van der Waals surface area contributed by atoms with Crippen LogP contribution in [0.2, 0.25) is 0 Å². The number of piperidine rings is 1. The van der Waals surface area contributed by atoms with Crippen LogP contribution in [0.15, 0.2) is 12.1 Å². The van der Waals surface area contributed by atoms with Gasteiger partial charge in [0.15, 0.2) is 0 Å². The molecule has 0 aromatic heterocycles. The fraction of sp³-hybridized carbons (Fsp3) is 0.600. The number of ether oxygens (including phenoxy) is 1. The number of benzene rings is 1. The predicted octanol–water partition coefficient (Wildman–Crippen LogP) is 2.42. The lowest BCUT2D eigenvalue weighted by atomic mass is 9.68. The number of amides is 1. The summed E-state index contributed by atoms with van der Waals surface area (Å²) in [5.74, 6) is -0.0838. The van der Waals surface area contributed by atoms with E-state index >= 15 is 0 Å². The van der Waals surface area contributed by atoms with E-state index in [2.05, 4.69) is 4.90 Å². The molecule has 1 aliphatic carbocycles. The van der Waals surface area contributed by atoms with Crippen LogP contribution in [0.5, 0.6) is 0 Å². The highest BCUT2D eigenvalue weighted by atomic mass is 16.6. The van der Waals surface area contributed by atoms with Gasteiger partial charge in [-0.05, 0) is 31.5 Å². The van der Waals surface area contributed by atoms with Crippen LogP contribution in [-0.4, -0.2) is 54.5 Å². The number of hydrogen-bond donors (Lipinski definition) is 0. The molecule has 2 heterocycles. The molecule has 3 unspecified atom stereocenters. The number of hydrogen-bond acceptors (Lipinski definition) is 6.